The van der Waals surface area contributed by atoms with Crippen LogP contribution in [0.4, 0.5) is 11.6 Å². The molecule has 6 N–H and O–H groups in total. The second-order valence-electron chi connectivity index (χ2n) is 8.30. The van der Waals surface area contributed by atoms with Gasteiger partial charge in [-0.2, -0.15) is 0 Å². The zero-order valence-electron chi connectivity index (χ0n) is 17.4. The number of aromatic nitrogens is 4. The first-order valence-corrected chi connectivity index (χ1v) is 11.1. The molecule has 3 aromatic heterocycles. The minimum absolute atomic E-state index is 0.0106. The first-order valence-electron chi connectivity index (χ1n) is 10.3. The van der Waals surface area contributed by atoms with Crippen molar-refractivity contribution in [1.29, 1.82) is 0 Å². The van der Waals surface area contributed by atoms with E-state index in [0.717, 1.165) is 31.9 Å². The number of pyridine rings is 1. The smallest absolute Gasteiger partial charge is 0.146 e. The van der Waals surface area contributed by atoms with Gasteiger partial charge in [-0.3, -0.25) is 0 Å². The molecule has 0 saturated carbocycles. The molecule has 4 atom stereocenters. The Morgan fingerprint density at radius 2 is 1.94 bits per heavy atom. The summed E-state index contributed by atoms with van der Waals surface area (Å²) in [5, 5.41) is 23.4. The molecule has 4 aromatic rings. The van der Waals surface area contributed by atoms with E-state index in [4.69, 9.17) is 11.5 Å². The lowest BCUT2D eigenvalue weighted by molar-refractivity contribution is 0.0293. The third kappa shape index (κ3) is 3.42. The molecule has 0 saturated heterocycles. The lowest BCUT2D eigenvalue weighted by atomic mass is 9.91. The summed E-state index contributed by atoms with van der Waals surface area (Å²) in [7, 11) is 0. The van der Waals surface area contributed by atoms with Crippen LogP contribution < -0.4 is 11.5 Å². The summed E-state index contributed by atoms with van der Waals surface area (Å²) in [5.41, 5.74) is 15.2. The average Bonchev–Trinajstić information content (AvgIpc) is 3.31. The summed E-state index contributed by atoms with van der Waals surface area (Å²) in [6.07, 6.45) is 3.91. The number of fused-ring (bicyclic) bond motifs is 2. The molecule has 0 amide bonds. The Balaban J connectivity index is 1.44. The number of benzene rings is 1. The zero-order chi connectivity index (χ0) is 22.6. The van der Waals surface area contributed by atoms with Crippen LogP contribution in [0.2, 0.25) is 0 Å². The fourth-order valence-corrected chi connectivity index (χ4v) is 4.85. The van der Waals surface area contributed by atoms with Crippen molar-refractivity contribution in [3.05, 3.63) is 64.5 Å². The standard InChI is InChI=1S/C23H23BrN6O2/c1-11(6-12-2-3-13-8-16(24)22(26)29-17(13)7-12)15-9-18(20(32)19(15)31)30-5-4-14-21(25)27-10-28-23(14)30/h2-5,7-11,18-20,31-32H,6H2,1H3,(H2,26,29)(H2,25,27,28). The normalized spacial score (nSPS) is 21.9. The second-order valence-corrected chi connectivity index (χ2v) is 9.15. The molecule has 8 nitrogen and oxygen atoms in total. The molecule has 32 heavy (non-hydrogen) atoms. The molecule has 0 fully saturated rings. The van der Waals surface area contributed by atoms with Crippen LogP contribution in [0.1, 0.15) is 18.5 Å². The number of aliphatic hydroxyl groups is 2. The topological polar surface area (TPSA) is 136 Å². The molecule has 0 radical (unpaired) electrons. The molecule has 9 heteroatoms. The highest BCUT2D eigenvalue weighted by molar-refractivity contribution is 9.10. The van der Waals surface area contributed by atoms with Crippen molar-refractivity contribution >= 4 is 49.5 Å². The predicted octanol–water partition coefficient (Wildman–Crippen LogP) is 2.99. The fourth-order valence-electron chi connectivity index (χ4n) is 4.51. The Kier molecular flexibility index (Phi) is 5.11. The number of hydrogen-bond donors (Lipinski definition) is 4. The van der Waals surface area contributed by atoms with E-state index in [1.54, 1.807) is 0 Å². The highest BCUT2D eigenvalue weighted by Gasteiger charge is 2.38. The lowest BCUT2D eigenvalue weighted by Gasteiger charge is -2.21. The predicted molar refractivity (Wildman–Crippen MR) is 128 cm³/mol. The Morgan fingerprint density at radius 1 is 1.12 bits per heavy atom. The molecule has 5 rings (SSSR count). The highest BCUT2D eigenvalue weighted by Crippen LogP contribution is 2.37. The van der Waals surface area contributed by atoms with Gasteiger partial charge in [0.1, 0.15) is 35.8 Å². The molecule has 1 aromatic carbocycles. The fraction of sp³-hybridized carbons (Fsp3) is 0.261. The van der Waals surface area contributed by atoms with E-state index in [-0.39, 0.29) is 5.92 Å². The molecule has 3 heterocycles. The monoisotopic (exact) mass is 494 g/mol. The third-order valence-electron chi connectivity index (χ3n) is 6.21. The summed E-state index contributed by atoms with van der Waals surface area (Å²) in [6.45, 7) is 2.05. The van der Waals surface area contributed by atoms with Crippen molar-refractivity contribution in [2.75, 3.05) is 11.5 Å². The van der Waals surface area contributed by atoms with E-state index >= 15 is 0 Å². The van der Waals surface area contributed by atoms with Gasteiger partial charge in [0, 0.05) is 11.6 Å². The molecular weight excluding hydrogens is 472 g/mol. The number of halogens is 1. The number of hydrogen-bond acceptors (Lipinski definition) is 7. The number of nitrogens with zero attached hydrogens (tertiary/aromatic N) is 4. The van der Waals surface area contributed by atoms with Crippen molar-refractivity contribution in [1.82, 2.24) is 19.5 Å². The van der Waals surface area contributed by atoms with Gasteiger partial charge in [0.05, 0.1) is 21.4 Å². The summed E-state index contributed by atoms with van der Waals surface area (Å²) in [5.74, 6) is 0.847. The molecule has 0 aliphatic heterocycles. The van der Waals surface area contributed by atoms with Crippen LogP contribution in [0.3, 0.4) is 0 Å². The third-order valence-corrected chi connectivity index (χ3v) is 6.85. The van der Waals surface area contributed by atoms with Crippen LogP contribution in [0, 0.1) is 5.92 Å². The van der Waals surface area contributed by atoms with E-state index in [1.807, 2.05) is 48.0 Å². The van der Waals surface area contributed by atoms with Crippen molar-refractivity contribution in [3.8, 4) is 0 Å². The van der Waals surface area contributed by atoms with Gasteiger partial charge in [-0.25, -0.2) is 15.0 Å². The molecule has 0 spiro atoms. The van der Waals surface area contributed by atoms with Gasteiger partial charge in [0.15, 0.2) is 0 Å². The summed E-state index contributed by atoms with van der Waals surface area (Å²) in [6, 6.07) is 9.42. The van der Waals surface area contributed by atoms with Crippen LogP contribution in [0.5, 0.6) is 0 Å². The van der Waals surface area contributed by atoms with Crippen LogP contribution in [-0.2, 0) is 6.42 Å². The van der Waals surface area contributed by atoms with E-state index < -0.39 is 18.2 Å². The van der Waals surface area contributed by atoms with Crippen LogP contribution in [0.25, 0.3) is 21.9 Å². The number of nitrogens with two attached hydrogens (primary N) is 2. The summed E-state index contributed by atoms with van der Waals surface area (Å²) < 4.78 is 2.61. The van der Waals surface area contributed by atoms with Gasteiger partial charge in [0.25, 0.3) is 0 Å². The zero-order valence-corrected chi connectivity index (χ0v) is 18.9. The molecule has 1 aliphatic carbocycles. The van der Waals surface area contributed by atoms with Crippen molar-refractivity contribution in [3.63, 3.8) is 0 Å². The molecular formula is C23H23BrN6O2. The number of aliphatic hydroxyl groups excluding tert-OH is 2. The Bertz CT molecular complexity index is 1370. The number of anilines is 2. The maximum absolute atomic E-state index is 10.8. The van der Waals surface area contributed by atoms with Gasteiger partial charge in [0.2, 0.25) is 0 Å². The van der Waals surface area contributed by atoms with Crippen molar-refractivity contribution in [2.45, 2.75) is 31.6 Å². The van der Waals surface area contributed by atoms with Gasteiger partial charge < -0.3 is 26.2 Å². The molecule has 4 unspecified atom stereocenters. The van der Waals surface area contributed by atoms with Gasteiger partial charge in [-0.15, -0.1) is 0 Å². The molecule has 164 valence electrons. The SMILES string of the molecule is CC(Cc1ccc2cc(Br)c(N)nc2c1)C1=CC(n2ccc3c(N)ncnc32)C(O)C1O. The van der Waals surface area contributed by atoms with Crippen molar-refractivity contribution in [2.24, 2.45) is 5.92 Å². The molecule has 0 bridgehead atoms. The maximum atomic E-state index is 10.8. The lowest BCUT2D eigenvalue weighted by Crippen LogP contribution is -2.30. The molecule has 1 aliphatic rings. The van der Waals surface area contributed by atoms with Gasteiger partial charge in [-0.05, 0) is 57.6 Å². The highest BCUT2D eigenvalue weighted by atomic mass is 79.9. The number of rotatable bonds is 4. The summed E-state index contributed by atoms with van der Waals surface area (Å²) >= 11 is 3.41. The van der Waals surface area contributed by atoms with E-state index in [9.17, 15) is 10.2 Å². The van der Waals surface area contributed by atoms with Crippen LogP contribution in [-0.4, -0.2) is 41.9 Å². The van der Waals surface area contributed by atoms with Gasteiger partial charge in [-0.1, -0.05) is 25.1 Å². The number of nitrogen functional groups attached to an aromatic ring is 2. The Morgan fingerprint density at radius 3 is 2.75 bits per heavy atom. The largest absolute Gasteiger partial charge is 0.388 e. The first kappa shape index (κ1) is 20.9. The van der Waals surface area contributed by atoms with E-state index in [0.29, 0.717) is 23.7 Å². The van der Waals surface area contributed by atoms with Crippen molar-refractivity contribution < 1.29 is 10.2 Å². The quantitative estimate of drug-likeness (QED) is 0.320. The van der Waals surface area contributed by atoms with E-state index in [2.05, 4.69) is 36.9 Å². The van der Waals surface area contributed by atoms with Gasteiger partial charge >= 0.3 is 0 Å². The average molecular weight is 495 g/mol. The minimum Gasteiger partial charge on any atom is -0.388 e. The maximum Gasteiger partial charge on any atom is 0.146 e. The summed E-state index contributed by atoms with van der Waals surface area (Å²) in [4.78, 5) is 12.8. The van der Waals surface area contributed by atoms with Crippen LogP contribution >= 0.6 is 15.9 Å². The van der Waals surface area contributed by atoms with E-state index in [1.165, 1.54) is 6.33 Å². The Labute approximate surface area is 192 Å². The first-order chi connectivity index (χ1) is 15.3. The minimum atomic E-state index is -0.977. The Hall–Kier alpha value is -3.01. The van der Waals surface area contributed by atoms with Crippen LogP contribution in [0.15, 0.2) is 59.0 Å². The second kappa shape index (κ2) is 7.84.